The number of aromatic hydroxyl groups is 1. The SMILES string of the molecule is COCOc1cc(O)c2c(=O)c(OCOC)c(-c3ccc(OCOC)c(OCOC)c3)oc2c1. The van der Waals surface area contributed by atoms with Crippen LogP contribution in [-0.2, 0) is 18.9 Å². The van der Waals surface area contributed by atoms with E-state index in [0.29, 0.717) is 17.1 Å². The lowest BCUT2D eigenvalue weighted by atomic mass is 10.1. The van der Waals surface area contributed by atoms with E-state index in [1.165, 1.54) is 40.6 Å². The van der Waals surface area contributed by atoms with Gasteiger partial charge in [0.1, 0.15) is 22.5 Å². The number of fused-ring (bicyclic) bond motifs is 1. The molecule has 0 saturated heterocycles. The predicted molar refractivity (Wildman–Crippen MR) is 120 cm³/mol. The summed E-state index contributed by atoms with van der Waals surface area (Å²) in [5.41, 5.74) is -0.0817. The van der Waals surface area contributed by atoms with Crippen molar-refractivity contribution in [2.24, 2.45) is 0 Å². The molecule has 34 heavy (non-hydrogen) atoms. The van der Waals surface area contributed by atoms with E-state index in [0.717, 1.165) is 0 Å². The molecule has 184 valence electrons. The molecular formula is C23H26O11. The summed E-state index contributed by atoms with van der Waals surface area (Å²) in [5, 5.41) is 10.4. The number of rotatable bonds is 13. The normalized spacial score (nSPS) is 10.9. The molecule has 0 aliphatic heterocycles. The largest absolute Gasteiger partial charge is 0.507 e. The van der Waals surface area contributed by atoms with Gasteiger partial charge in [0.15, 0.2) is 44.4 Å². The van der Waals surface area contributed by atoms with Gasteiger partial charge in [0.25, 0.3) is 0 Å². The Morgan fingerprint density at radius 2 is 1.38 bits per heavy atom. The molecule has 1 N–H and O–H groups in total. The molecule has 0 atom stereocenters. The average molecular weight is 478 g/mol. The quantitative estimate of drug-likeness (QED) is 0.364. The van der Waals surface area contributed by atoms with Crippen LogP contribution in [0.3, 0.4) is 0 Å². The van der Waals surface area contributed by atoms with Crippen LogP contribution in [0.4, 0.5) is 0 Å². The minimum Gasteiger partial charge on any atom is -0.507 e. The van der Waals surface area contributed by atoms with Crippen molar-refractivity contribution >= 4 is 11.0 Å². The monoisotopic (exact) mass is 478 g/mol. The first-order valence-electron chi connectivity index (χ1n) is 9.99. The van der Waals surface area contributed by atoms with Gasteiger partial charge >= 0.3 is 0 Å². The summed E-state index contributed by atoms with van der Waals surface area (Å²) >= 11 is 0. The highest BCUT2D eigenvalue weighted by Gasteiger charge is 2.22. The second kappa shape index (κ2) is 12.1. The van der Waals surface area contributed by atoms with Crippen LogP contribution in [0.2, 0.25) is 0 Å². The molecule has 0 aliphatic rings. The first kappa shape index (κ1) is 25.1. The first-order chi connectivity index (χ1) is 16.5. The van der Waals surface area contributed by atoms with E-state index in [-0.39, 0.29) is 61.1 Å². The summed E-state index contributed by atoms with van der Waals surface area (Å²) in [4.78, 5) is 13.3. The molecule has 0 unspecified atom stereocenters. The molecule has 0 aliphatic carbocycles. The highest BCUT2D eigenvalue weighted by Crippen LogP contribution is 2.39. The van der Waals surface area contributed by atoms with Crippen molar-refractivity contribution in [1.29, 1.82) is 0 Å². The van der Waals surface area contributed by atoms with Crippen molar-refractivity contribution in [3.63, 3.8) is 0 Å². The van der Waals surface area contributed by atoms with Gasteiger partial charge in [-0.1, -0.05) is 0 Å². The highest BCUT2D eigenvalue weighted by atomic mass is 16.7. The van der Waals surface area contributed by atoms with Gasteiger partial charge in [-0.2, -0.15) is 0 Å². The molecule has 0 bridgehead atoms. The lowest BCUT2D eigenvalue weighted by molar-refractivity contribution is 0.0323. The number of ether oxygens (including phenoxy) is 8. The molecule has 1 heterocycles. The first-order valence-corrected chi connectivity index (χ1v) is 9.99. The Kier molecular flexibility index (Phi) is 8.93. The summed E-state index contributed by atoms with van der Waals surface area (Å²) < 4.78 is 47.9. The van der Waals surface area contributed by atoms with Gasteiger partial charge in [-0.05, 0) is 18.2 Å². The fraction of sp³-hybridized carbons (Fsp3) is 0.348. The molecule has 0 fully saturated rings. The van der Waals surface area contributed by atoms with E-state index in [1.807, 2.05) is 0 Å². The average Bonchev–Trinajstić information content (AvgIpc) is 2.84. The molecule has 3 aromatic rings. The Hall–Kier alpha value is -3.51. The van der Waals surface area contributed by atoms with Crippen molar-refractivity contribution in [1.82, 2.24) is 0 Å². The number of phenols is 1. The van der Waals surface area contributed by atoms with Crippen LogP contribution in [0.25, 0.3) is 22.3 Å². The number of benzene rings is 2. The van der Waals surface area contributed by atoms with Crippen LogP contribution >= 0.6 is 0 Å². The smallest absolute Gasteiger partial charge is 0.239 e. The van der Waals surface area contributed by atoms with Gasteiger partial charge in [0, 0.05) is 46.1 Å². The van der Waals surface area contributed by atoms with Gasteiger partial charge in [0.05, 0.1) is 0 Å². The minimum atomic E-state index is -0.594. The standard InChI is InChI=1S/C23H26O11/c1-26-10-30-15-8-16(24)20-19(9-15)34-22(23(21(20)25)33-13-29-4)14-5-6-17(31-11-27-2)18(7-14)32-12-28-3/h5-9,24H,10-13H2,1-4H3. The molecular weight excluding hydrogens is 452 g/mol. The zero-order valence-corrected chi connectivity index (χ0v) is 19.2. The summed E-state index contributed by atoms with van der Waals surface area (Å²) in [6.45, 7) is -0.323. The molecule has 0 spiro atoms. The van der Waals surface area contributed by atoms with Crippen LogP contribution < -0.4 is 24.4 Å². The Morgan fingerprint density at radius 3 is 2.06 bits per heavy atom. The Morgan fingerprint density at radius 1 is 0.765 bits per heavy atom. The summed E-state index contributed by atoms with van der Waals surface area (Å²) in [6.07, 6.45) is 0. The van der Waals surface area contributed by atoms with Crippen LogP contribution in [-0.4, -0.2) is 60.7 Å². The topological polar surface area (TPSA) is 124 Å². The third-order valence-corrected chi connectivity index (χ3v) is 4.44. The van der Waals surface area contributed by atoms with E-state index < -0.39 is 5.43 Å². The van der Waals surface area contributed by atoms with Gasteiger partial charge < -0.3 is 47.4 Å². The predicted octanol–water partition coefficient (Wildman–Crippen LogP) is 3.10. The van der Waals surface area contributed by atoms with E-state index in [9.17, 15) is 9.90 Å². The van der Waals surface area contributed by atoms with E-state index in [4.69, 9.17) is 42.3 Å². The summed E-state index contributed by atoms with van der Waals surface area (Å²) in [6, 6.07) is 7.63. The van der Waals surface area contributed by atoms with E-state index >= 15 is 0 Å². The molecule has 11 nitrogen and oxygen atoms in total. The minimum absolute atomic E-state index is 0.000521. The summed E-state index contributed by atoms with van der Waals surface area (Å²) in [5.74, 6) is 0.546. The van der Waals surface area contributed by atoms with Crippen LogP contribution in [0, 0.1) is 0 Å². The van der Waals surface area contributed by atoms with E-state index in [2.05, 4.69) is 0 Å². The number of hydrogen-bond acceptors (Lipinski definition) is 11. The van der Waals surface area contributed by atoms with Crippen molar-refractivity contribution in [3.05, 3.63) is 40.6 Å². The second-order valence-corrected chi connectivity index (χ2v) is 6.77. The van der Waals surface area contributed by atoms with Crippen molar-refractivity contribution in [3.8, 4) is 40.1 Å². The maximum Gasteiger partial charge on any atom is 0.239 e. The molecule has 1 aromatic heterocycles. The van der Waals surface area contributed by atoms with Crippen molar-refractivity contribution < 1.29 is 47.4 Å². The van der Waals surface area contributed by atoms with Gasteiger partial charge in [-0.3, -0.25) is 4.79 Å². The number of phenolic OH excluding ortho intramolecular Hbond substituents is 1. The lowest BCUT2D eigenvalue weighted by Gasteiger charge is -2.15. The van der Waals surface area contributed by atoms with Gasteiger partial charge in [0.2, 0.25) is 11.2 Å². The molecule has 0 amide bonds. The molecule has 0 radical (unpaired) electrons. The number of methoxy groups -OCH3 is 4. The molecule has 11 heteroatoms. The maximum atomic E-state index is 13.3. The third-order valence-electron chi connectivity index (χ3n) is 4.44. The second-order valence-electron chi connectivity index (χ2n) is 6.77. The Bertz CT molecular complexity index is 1160. The lowest BCUT2D eigenvalue weighted by Crippen LogP contribution is -2.12. The van der Waals surface area contributed by atoms with Crippen LogP contribution in [0.1, 0.15) is 0 Å². The summed E-state index contributed by atoms with van der Waals surface area (Å²) in [7, 11) is 5.85. The Balaban J connectivity index is 2.19. The molecule has 2 aromatic carbocycles. The van der Waals surface area contributed by atoms with Crippen molar-refractivity contribution in [2.45, 2.75) is 0 Å². The van der Waals surface area contributed by atoms with Crippen LogP contribution in [0.15, 0.2) is 39.5 Å². The van der Waals surface area contributed by atoms with Crippen molar-refractivity contribution in [2.75, 3.05) is 55.6 Å². The van der Waals surface area contributed by atoms with Gasteiger partial charge in [-0.15, -0.1) is 0 Å². The Labute approximate surface area is 195 Å². The number of hydrogen-bond donors (Lipinski definition) is 1. The third kappa shape index (κ3) is 5.69. The zero-order chi connectivity index (χ0) is 24.5. The molecule has 0 saturated carbocycles. The van der Waals surface area contributed by atoms with Gasteiger partial charge in [-0.25, -0.2) is 0 Å². The fourth-order valence-corrected chi connectivity index (χ4v) is 3.03. The zero-order valence-electron chi connectivity index (χ0n) is 19.2. The highest BCUT2D eigenvalue weighted by molar-refractivity contribution is 5.88. The van der Waals surface area contributed by atoms with Crippen LogP contribution in [0.5, 0.6) is 28.7 Å². The van der Waals surface area contributed by atoms with E-state index in [1.54, 1.807) is 18.2 Å². The fourth-order valence-electron chi connectivity index (χ4n) is 3.03. The molecule has 3 rings (SSSR count). The maximum absolute atomic E-state index is 13.3.